The average molecular weight is 453 g/mol. The van der Waals surface area contributed by atoms with E-state index in [0.717, 1.165) is 19.3 Å². The second-order valence-electron chi connectivity index (χ2n) is 9.58. The molecule has 0 bridgehead atoms. The van der Waals surface area contributed by atoms with Gasteiger partial charge in [-0.1, -0.05) is 55.0 Å². The lowest BCUT2D eigenvalue weighted by Crippen LogP contribution is -2.37. The Kier molecular flexibility index (Phi) is 8.50. The maximum Gasteiger partial charge on any atom is 0.407 e. The third-order valence-electron chi connectivity index (χ3n) is 5.79. The molecule has 0 radical (unpaired) electrons. The van der Waals surface area contributed by atoms with Crippen molar-refractivity contribution in [2.24, 2.45) is 5.73 Å². The van der Waals surface area contributed by atoms with Gasteiger partial charge in [0, 0.05) is 18.4 Å². The maximum absolute atomic E-state index is 12.7. The summed E-state index contributed by atoms with van der Waals surface area (Å²) >= 11 is 0. The summed E-state index contributed by atoms with van der Waals surface area (Å²) in [5.41, 5.74) is 9.84. The van der Waals surface area contributed by atoms with Crippen molar-refractivity contribution >= 4 is 12.1 Å². The number of esters is 1. The van der Waals surface area contributed by atoms with E-state index in [1.165, 1.54) is 22.3 Å². The van der Waals surface area contributed by atoms with E-state index in [1.807, 2.05) is 45.0 Å². The highest BCUT2D eigenvalue weighted by molar-refractivity contribution is 5.79. The Morgan fingerprint density at radius 1 is 0.970 bits per heavy atom. The van der Waals surface area contributed by atoms with E-state index < -0.39 is 11.7 Å². The van der Waals surface area contributed by atoms with Crippen molar-refractivity contribution in [1.82, 2.24) is 5.32 Å². The molecular formula is C27H36N2O4. The number of rotatable bonds is 10. The summed E-state index contributed by atoms with van der Waals surface area (Å²) < 4.78 is 11.1. The highest BCUT2D eigenvalue weighted by Crippen LogP contribution is 2.44. The molecule has 0 fully saturated rings. The number of benzene rings is 2. The Morgan fingerprint density at radius 2 is 1.58 bits per heavy atom. The molecule has 1 amide bonds. The molecule has 6 heteroatoms. The molecule has 6 nitrogen and oxygen atoms in total. The number of alkyl carbamates (subject to hydrolysis) is 1. The first-order valence-corrected chi connectivity index (χ1v) is 11.8. The highest BCUT2D eigenvalue weighted by Gasteiger charge is 2.29. The first kappa shape index (κ1) is 24.8. The smallest absolute Gasteiger partial charge is 0.407 e. The van der Waals surface area contributed by atoms with E-state index >= 15 is 0 Å². The van der Waals surface area contributed by atoms with Gasteiger partial charge < -0.3 is 20.5 Å². The van der Waals surface area contributed by atoms with Crippen LogP contribution in [0.1, 0.15) is 69.9 Å². The number of nitrogens with two attached hydrogens (primary N) is 1. The van der Waals surface area contributed by atoms with E-state index in [2.05, 4.69) is 29.6 Å². The molecule has 1 atom stereocenters. The molecule has 0 saturated carbocycles. The lowest BCUT2D eigenvalue weighted by atomic mass is 9.98. The van der Waals surface area contributed by atoms with Crippen molar-refractivity contribution < 1.29 is 19.1 Å². The van der Waals surface area contributed by atoms with Gasteiger partial charge in [-0.15, -0.1) is 0 Å². The quantitative estimate of drug-likeness (QED) is 0.385. The molecular weight excluding hydrogens is 416 g/mol. The number of unbranched alkanes of at least 4 members (excludes halogenated alkanes) is 1. The largest absolute Gasteiger partial charge is 0.460 e. The van der Waals surface area contributed by atoms with Crippen LogP contribution in [0.5, 0.6) is 0 Å². The van der Waals surface area contributed by atoms with E-state index in [0.29, 0.717) is 13.0 Å². The van der Waals surface area contributed by atoms with Crippen molar-refractivity contribution in [2.45, 2.75) is 70.4 Å². The molecule has 2 aromatic carbocycles. The monoisotopic (exact) mass is 452 g/mol. The number of ether oxygens (including phenoxy) is 2. The lowest BCUT2D eigenvalue weighted by Gasteiger charge is -2.22. The summed E-state index contributed by atoms with van der Waals surface area (Å²) in [5.74, 6) is -0.249. The van der Waals surface area contributed by atoms with Crippen molar-refractivity contribution in [3.8, 4) is 11.1 Å². The molecule has 1 aliphatic carbocycles. The SMILES string of the molecule is CC(C)(C)OC(=O)CC[C@H](CCCCN)NC(=O)OCC1c2ccccc2-c2ccccc21. The Bertz CT molecular complexity index is 906. The van der Waals surface area contributed by atoms with Crippen LogP contribution in [-0.4, -0.2) is 36.9 Å². The van der Waals surface area contributed by atoms with Gasteiger partial charge in [0.1, 0.15) is 12.2 Å². The Labute approximate surface area is 196 Å². The first-order valence-electron chi connectivity index (χ1n) is 11.8. The van der Waals surface area contributed by atoms with E-state index in [4.69, 9.17) is 15.2 Å². The topological polar surface area (TPSA) is 90.6 Å². The summed E-state index contributed by atoms with van der Waals surface area (Å²) in [6.07, 6.45) is 2.77. The van der Waals surface area contributed by atoms with Crippen molar-refractivity contribution in [2.75, 3.05) is 13.2 Å². The van der Waals surface area contributed by atoms with Crippen LogP contribution in [0.25, 0.3) is 11.1 Å². The number of carbonyl (C=O) groups is 2. The minimum atomic E-state index is -0.521. The average Bonchev–Trinajstić information content (AvgIpc) is 3.09. The predicted molar refractivity (Wildman–Crippen MR) is 130 cm³/mol. The molecule has 33 heavy (non-hydrogen) atoms. The van der Waals surface area contributed by atoms with Crippen LogP contribution in [0, 0.1) is 0 Å². The normalized spacial score (nSPS) is 13.7. The predicted octanol–water partition coefficient (Wildman–Crippen LogP) is 5.14. The summed E-state index contributed by atoms with van der Waals surface area (Å²) in [4.78, 5) is 24.8. The molecule has 0 aliphatic heterocycles. The Morgan fingerprint density at radius 3 is 2.15 bits per heavy atom. The number of hydrogen-bond donors (Lipinski definition) is 2. The van der Waals surface area contributed by atoms with Crippen LogP contribution in [-0.2, 0) is 14.3 Å². The van der Waals surface area contributed by atoms with Gasteiger partial charge in [-0.25, -0.2) is 4.79 Å². The molecule has 0 unspecified atom stereocenters. The zero-order valence-electron chi connectivity index (χ0n) is 19.9. The van der Waals surface area contributed by atoms with Crippen molar-refractivity contribution in [1.29, 1.82) is 0 Å². The standard InChI is InChI=1S/C27H36N2O4/c1-27(2,3)33-25(30)16-15-19(10-8-9-17-28)29-26(31)32-18-24-22-13-6-4-11-20(22)21-12-5-7-14-23(21)24/h4-7,11-14,19,24H,8-10,15-18,28H2,1-3H3,(H,29,31)/t19-/m0/s1. The number of nitrogens with one attached hydrogen (secondary N) is 1. The molecule has 0 saturated heterocycles. The fraction of sp³-hybridized carbons (Fsp3) is 0.481. The van der Waals surface area contributed by atoms with Crippen LogP contribution in [0.2, 0.25) is 0 Å². The van der Waals surface area contributed by atoms with E-state index in [9.17, 15) is 9.59 Å². The van der Waals surface area contributed by atoms with Gasteiger partial charge in [0.25, 0.3) is 0 Å². The van der Waals surface area contributed by atoms with Crippen LogP contribution in [0.15, 0.2) is 48.5 Å². The number of carbonyl (C=O) groups excluding carboxylic acids is 2. The van der Waals surface area contributed by atoms with Gasteiger partial charge in [0.15, 0.2) is 0 Å². The fourth-order valence-corrected chi connectivity index (χ4v) is 4.32. The molecule has 0 spiro atoms. The first-order chi connectivity index (χ1) is 15.8. The molecule has 3 rings (SSSR count). The van der Waals surface area contributed by atoms with Gasteiger partial charge >= 0.3 is 12.1 Å². The van der Waals surface area contributed by atoms with Crippen LogP contribution < -0.4 is 11.1 Å². The maximum atomic E-state index is 12.7. The molecule has 0 aromatic heterocycles. The minimum absolute atomic E-state index is 0.0144. The van der Waals surface area contributed by atoms with Crippen molar-refractivity contribution in [3.05, 3.63) is 59.7 Å². The molecule has 2 aromatic rings. The van der Waals surface area contributed by atoms with Gasteiger partial charge in [-0.05, 0) is 68.8 Å². The number of amides is 1. The van der Waals surface area contributed by atoms with Crippen LogP contribution in [0.4, 0.5) is 4.79 Å². The second-order valence-corrected chi connectivity index (χ2v) is 9.58. The third-order valence-corrected chi connectivity index (χ3v) is 5.79. The second kappa shape index (κ2) is 11.3. The zero-order valence-corrected chi connectivity index (χ0v) is 19.9. The minimum Gasteiger partial charge on any atom is -0.460 e. The van der Waals surface area contributed by atoms with Crippen LogP contribution in [0.3, 0.4) is 0 Å². The summed E-state index contributed by atoms with van der Waals surface area (Å²) in [6, 6.07) is 16.3. The fourth-order valence-electron chi connectivity index (χ4n) is 4.32. The highest BCUT2D eigenvalue weighted by atomic mass is 16.6. The van der Waals surface area contributed by atoms with E-state index in [1.54, 1.807) is 0 Å². The van der Waals surface area contributed by atoms with Gasteiger partial charge in [0.05, 0.1) is 0 Å². The Hall–Kier alpha value is -2.86. The zero-order chi connectivity index (χ0) is 23.8. The van der Waals surface area contributed by atoms with E-state index in [-0.39, 0.29) is 31.0 Å². The number of hydrogen-bond acceptors (Lipinski definition) is 5. The molecule has 178 valence electrons. The van der Waals surface area contributed by atoms with Crippen molar-refractivity contribution in [3.63, 3.8) is 0 Å². The summed E-state index contributed by atoms with van der Waals surface area (Å²) in [5, 5.41) is 2.96. The van der Waals surface area contributed by atoms with Gasteiger partial charge in [-0.3, -0.25) is 4.79 Å². The summed E-state index contributed by atoms with van der Waals surface area (Å²) in [7, 11) is 0. The number of fused-ring (bicyclic) bond motifs is 3. The molecule has 0 heterocycles. The van der Waals surface area contributed by atoms with Gasteiger partial charge in [0.2, 0.25) is 0 Å². The molecule has 1 aliphatic rings. The van der Waals surface area contributed by atoms with Crippen LogP contribution >= 0.6 is 0 Å². The van der Waals surface area contributed by atoms with Gasteiger partial charge in [-0.2, -0.15) is 0 Å². The third kappa shape index (κ3) is 7.06. The lowest BCUT2D eigenvalue weighted by molar-refractivity contribution is -0.155. The molecule has 3 N–H and O–H groups in total. The Balaban J connectivity index is 1.58. The summed E-state index contributed by atoms with van der Waals surface area (Å²) in [6.45, 7) is 6.40.